The molecular formula is C16H27N3O2. The minimum Gasteiger partial charge on any atom is -0.395 e. The standard InChI is InChI=1S/C16H27N3O2/c1-16(4-10-21-11-5-16)14-12-19(8-9-20)15(18-14)13-2-6-17-7-3-13/h12-13,17,20H,2-11H2,1H3. The summed E-state index contributed by atoms with van der Waals surface area (Å²) in [6, 6.07) is 0. The second-order valence-electron chi connectivity index (χ2n) is 6.60. The van der Waals surface area contributed by atoms with Gasteiger partial charge in [-0.1, -0.05) is 6.92 Å². The molecule has 2 aliphatic rings. The highest BCUT2D eigenvalue weighted by atomic mass is 16.5. The Labute approximate surface area is 126 Å². The van der Waals surface area contributed by atoms with Gasteiger partial charge in [-0.25, -0.2) is 4.98 Å². The van der Waals surface area contributed by atoms with Crippen LogP contribution in [0.1, 0.15) is 50.0 Å². The van der Waals surface area contributed by atoms with Gasteiger partial charge in [0.15, 0.2) is 0 Å². The molecule has 5 heteroatoms. The Hall–Kier alpha value is -0.910. The molecule has 0 spiro atoms. The average molecular weight is 293 g/mol. The Morgan fingerprint density at radius 2 is 2.10 bits per heavy atom. The molecule has 118 valence electrons. The molecule has 0 unspecified atom stereocenters. The van der Waals surface area contributed by atoms with Crippen LogP contribution >= 0.6 is 0 Å². The number of ether oxygens (including phenoxy) is 1. The zero-order valence-electron chi connectivity index (χ0n) is 13.0. The number of piperidine rings is 1. The van der Waals surface area contributed by atoms with Crippen LogP contribution in [0.25, 0.3) is 0 Å². The fourth-order valence-electron chi connectivity index (χ4n) is 3.49. The minimum atomic E-state index is 0.126. The van der Waals surface area contributed by atoms with E-state index in [9.17, 15) is 5.11 Å². The molecule has 2 fully saturated rings. The summed E-state index contributed by atoms with van der Waals surface area (Å²) >= 11 is 0. The third kappa shape index (κ3) is 3.15. The van der Waals surface area contributed by atoms with Crippen molar-refractivity contribution in [2.75, 3.05) is 32.9 Å². The summed E-state index contributed by atoms with van der Waals surface area (Å²) in [6.45, 7) is 6.91. The molecule has 2 aliphatic heterocycles. The van der Waals surface area contributed by atoms with Crippen LogP contribution in [0.3, 0.4) is 0 Å². The van der Waals surface area contributed by atoms with E-state index in [2.05, 4.69) is 23.0 Å². The number of hydrogen-bond acceptors (Lipinski definition) is 4. The van der Waals surface area contributed by atoms with E-state index in [1.165, 1.54) is 11.5 Å². The highest BCUT2D eigenvalue weighted by Gasteiger charge is 2.33. The lowest BCUT2D eigenvalue weighted by atomic mass is 9.80. The smallest absolute Gasteiger partial charge is 0.112 e. The van der Waals surface area contributed by atoms with Crippen molar-refractivity contribution in [3.8, 4) is 0 Å². The van der Waals surface area contributed by atoms with Crippen LogP contribution in [0.5, 0.6) is 0 Å². The van der Waals surface area contributed by atoms with Crippen molar-refractivity contribution in [3.63, 3.8) is 0 Å². The van der Waals surface area contributed by atoms with E-state index < -0.39 is 0 Å². The third-order valence-electron chi connectivity index (χ3n) is 5.07. The van der Waals surface area contributed by atoms with Gasteiger partial charge in [0.2, 0.25) is 0 Å². The molecule has 0 radical (unpaired) electrons. The van der Waals surface area contributed by atoms with Gasteiger partial charge < -0.3 is 19.7 Å². The molecule has 1 aromatic rings. The van der Waals surface area contributed by atoms with Crippen molar-refractivity contribution in [1.82, 2.24) is 14.9 Å². The van der Waals surface area contributed by atoms with Gasteiger partial charge in [0.05, 0.1) is 12.3 Å². The molecular weight excluding hydrogens is 266 g/mol. The summed E-state index contributed by atoms with van der Waals surface area (Å²) in [5.74, 6) is 1.70. The van der Waals surface area contributed by atoms with Gasteiger partial charge in [-0.3, -0.25) is 0 Å². The van der Waals surface area contributed by atoms with Gasteiger partial charge in [0.1, 0.15) is 5.82 Å². The van der Waals surface area contributed by atoms with Crippen LogP contribution in [-0.4, -0.2) is 47.6 Å². The molecule has 2 N–H and O–H groups in total. The number of aliphatic hydroxyl groups excluding tert-OH is 1. The number of aromatic nitrogens is 2. The number of imidazole rings is 1. The van der Waals surface area contributed by atoms with Crippen molar-refractivity contribution in [3.05, 3.63) is 17.7 Å². The molecule has 0 bridgehead atoms. The summed E-state index contributed by atoms with van der Waals surface area (Å²) in [5, 5.41) is 12.8. The van der Waals surface area contributed by atoms with Crippen molar-refractivity contribution >= 4 is 0 Å². The highest BCUT2D eigenvalue weighted by Crippen LogP contribution is 2.35. The normalized spacial score (nSPS) is 23.3. The molecule has 3 heterocycles. The van der Waals surface area contributed by atoms with E-state index >= 15 is 0 Å². The predicted octanol–water partition coefficient (Wildman–Crippen LogP) is 1.41. The zero-order chi connectivity index (χ0) is 14.7. The third-order valence-corrected chi connectivity index (χ3v) is 5.07. The van der Waals surface area contributed by atoms with E-state index in [-0.39, 0.29) is 12.0 Å². The lowest BCUT2D eigenvalue weighted by molar-refractivity contribution is 0.0551. The van der Waals surface area contributed by atoms with Crippen LogP contribution in [0.2, 0.25) is 0 Å². The monoisotopic (exact) mass is 293 g/mol. The topological polar surface area (TPSA) is 59.3 Å². The first-order chi connectivity index (χ1) is 10.2. The van der Waals surface area contributed by atoms with Crippen molar-refractivity contribution in [2.24, 2.45) is 0 Å². The molecule has 0 aliphatic carbocycles. The zero-order valence-corrected chi connectivity index (χ0v) is 13.0. The van der Waals surface area contributed by atoms with E-state index in [4.69, 9.17) is 9.72 Å². The van der Waals surface area contributed by atoms with Gasteiger partial charge in [0, 0.05) is 37.3 Å². The first kappa shape index (κ1) is 15.0. The Balaban J connectivity index is 1.87. The Morgan fingerprint density at radius 1 is 1.38 bits per heavy atom. The van der Waals surface area contributed by atoms with Crippen molar-refractivity contribution in [1.29, 1.82) is 0 Å². The minimum absolute atomic E-state index is 0.126. The Kier molecular flexibility index (Phi) is 4.62. The summed E-state index contributed by atoms with van der Waals surface area (Å²) in [5.41, 5.74) is 1.31. The van der Waals surface area contributed by atoms with E-state index in [1.54, 1.807) is 0 Å². The first-order valence-corrected chi connectivity index (χ1v) is 8.20. The van der Waals surface area contributed by atoms with Crippen molar-refractivity contribution in [2.45, 2.75) is 50.5 Å². The SMILES string of the molecule is CC1(c2cn(CCO)c(C3CCNCC3)n2)CCOCC1. The Morgan fingerprint density at radius 3 is 2.76 bits per heavy atom. The highest BCUT2D eigenvalue weighted by molar-refractivity contribution is 5.19. The fourth-order valence-corrected chi connectivity index (χ4v) is 3.49. The van der Waals surface area contributed by atoms with E-state index in [1.807, 2.05) is 0 Å². The van der Waals surface area contributed by atoms with Crippen LogP contribution in [0, 0.1) is 0 Å². The molecule has 21 heavy (non-hydrogen) atoms. The van der Waals surface area contributed by atoms with Gasteiger partial charge in [-0.15, -0.1) is 0 Å². The van der Waals surface area contributed by atoms with Crippen LogP contribution in [0.15, 0.2) is 6.20 Å². The summed E-state index contributed by atoms with van der Waals surface area (Å²) in [7, 11) is 0. The second-order valence-corrected chi connectivity index (χ2v) is 6.60. The number of nitrogens with zero attached hydrogens (tertiary/aromatic N) is 2. The van der Waals surface area contributed by atoms with Crippen LogP contribution in [0.4, 0.5) is 0 Å². The number of nitrogens with one attached hydrogen (secondary N) is 1. The van der Waals surface area contributed by atoms with Gasteiger partial charge in [0.25, 0.3) is 0 Å². The quantitative estimate of drug-likeness (QED) is 0.881. The molecule has 5 nitrogen and oxygen atoms in total. The molecule has 0 amide bonds. The second kappa shape index (κ2) is 6.46. The van der Waals surface area contributed by atoms with E-state index in [0.717, 1.165) is 52.0 Å². The fraction of sp³-hybridized carbons (Fsp3) is 0.812. The van der Waals surface area contributed by atoms with Gasteiger partial charge >= 0.3 is 0 Å². The average Bonchev–Trinajstić information content (AvgIpc) is 2.94. The van der Waals surface area contributed by atoms with Gasteiger partial charge in [-0.05, 0) is 38.8 Å². The number of hydrogen-bond donors (Lipinski definition) is 2. The lowest BCUT2D eigenvalue weighted by Crippen LogP contribution is -2.31. The summed E-state index contributed by atoms with van der Waals surface area (Å²) in [4.78, 5) is 5.02. The number of aliphatic hydroxyl groups is 1. The van der Waals surface area contributed by atoms with E-state index in [0.29, 0.717) is 12.5 Å². The maximum absolute atomic E-state index is 9.35. The van der Waals surface area contributed by atoms with Crippen LogP contribution < -0.4 is 5.32 Å². The lowest BCUT2D eigenvalue weighted by Gasteiger charge is -2.31. The molecule has 1 aromatic heterocycles. The molecule has 3 rings (SSSR count). The molecule has 2 saturated heterocycles. The molecule has 0 atom stereocenters. The predicted molar refractivity (Wildman–Crippen MR) is 81.6 cm³/mol. The molecule has 0 saturated carbocycles. The summed E-state index contributed by atoms with van der Waals surface area (Å²) < 4.78 is 7.69. The van der Waals surface area contributed by atoms with Crippen molar-refractivity contribution < 1.29 is 9.84 Å². The maximum Gasteiger partial charge on any atom is 0.112 e. The largest absolute Gasteiger partial charge is 0.395 e. The molecule has 0 aromatic carbocycles. The Bertz CT molecular complexity index is 460. The summed E-state index contributed by atoms with van der Waals surface area (Å²) in [6.07, 6.45) is 6.53. The number of rotatable bonds is 4. The maximum atomic E-state index is 9.35. The van der Waals surface area contributed by atoms with Gasteiger partial charge in [-0.2, -0.15) is 0 Å². The first-order valence-electron chi connectivity index (χ1n) is 8.20. The van der Waals surface area contributed by atoms with Crippen LogP contribution in [-0.2, 0) is 16.7 Å².